The molecule has 17 heavy (non-hydrogen) atoms. The Kier molecular flexibility index (Phi) is 3.95. The maximum absolute atomic E-state index is 10.7. The summed E-state index contributed by atoms with van der Waals surface area (Å²) in [6.07, 6.45) is 0.624. The van der Waals surface area contributed by atoms with E-state index in [4.69, 9.17) is 11.6 Å². The highest BCUT2D eigenvalue weighted by molar-refractivity contribution is 6.30. The van der Waals surface area contributed by atoms with Crippen LogP contribution in [0.15, 0.2) is 33.6 Å². The Bertz CT molecular complexity index is 518. The first-order valence-corrected chi connectivity index (χ1v) is 5.62. The number of hydrogen-bond donors (Lipinski definition) is 2. The first-order chi connectivity index (χ1) is 8.24. The van der Waals surface area contributed by atoms with E-state index in [9.17, 15) is 4.79 Å². The highest BCUT2D eigenvalue weighted by Gasteiger charge is 1.99. The molecular formula is C11H12ClN3O2. The van der Waals surface area contributed by atoms with Crippen molar-refractivity contribution >= 4 is 11.6 Å². The first-order valence-electron chi connectivity index (χ1n) is 5.24. The summed E-state index contributed by atoms with van der Waals surface area (Å²) in [5.41, 5.74) is 1.16. The van der Waals surface area contributed by atoms with Gasteiger partial charge in [0.15, 0.2) is 5.82 Å². The van der Waals surface area contributed by atoms with Gasteiger partial charge in [-0.2, -0.15) is 0 Å². The van der Waals surface area contributed by atoms with Crippen molar-refractivity contribution in [3.8, 4) is 0 Å². The lowest BCUT2D eigenvalue weighted by Crippen LogP contribution is -2.17. The number of nitrogens with one attached hydrogen (secondary N) is 2. The minimum atomic E-state index is -0.516. The van der Waals surface area contributed by atoms with Crippen LogP contribution in [0.2, 0.25) is 5.02 Å². The Hall–Kier alpha value is -1.59. The lowest BCUT2D eigenvalue weighted by Gasteiger charge is -2.03. The minimum absolute atomic E-state index is 0.516. The molecular weight excluding hydrogens is 242 g/mol. The maximum Gasteiger partial charge on any atom is 0.438 e. The van der Waals surface area contributed by atoms with Crippen LogP contribution in [0.3, 0.4) is 0 Å². The summed E-state index contributed by atoms with van der Waals surface area (Å²) in [6, 6.07) is 7.64. The predicted octanol–water partition coefficient (Wildman–Crippen LogP) is 1.35. The third kappa shape index (κ3) is 3.72. The average molecular weight is 254 g/mol. The van der Waals surface area contributed by atoms with Crippen molar-refractivity contribution in [1.82, 2.24) is 15.5 Å². The van der Waals surface area contributed by atoms with Crippen LogP contribution in [0, 0.1) is 0 Å². The van der Waals surface area contributed by atoms with Crippen LogP contribution in [0.25, 0.3) is 0 Å². The third-order valence-electron chi connectivity index (χ3n) is 2.27. The molecule has 1 aromatic heterocycles. The number of benzene rings is 1. The average Bonchev–Trinajstić information content (AvgIpc) is 2.73. The SMILES string of the molecule is O=c1[nH]c(CCNCc2ccc(Cl)cc2)no1. The monoisotopic (exact) mass is 253 g/mol. The molecule has 0 aliphatic carbocycles. The van der Waals surface area contributed by atoms with E-state index in [0.29, 0.717) is 18.8 Å². The van der Waals surface area contributed by atoms with Gasteiger partial charge in [-0.3, -0.25) is 9.51 Å². The summed E-state index contributed by atoms with van der Waals surface area (Å²) < 4.78 is 4.39. The molecule has 2 aromatic rings. The summed E-state index contributed by atoms with van der Waals surface area (Å²) in [7, 11) is 0. The van der Waals surface area contributed by atoms with Gasteiger partial charge in [-0.15, -0.1) is 0 Å². The molecule has 0 atom stereocenters. The van der Waals surface area contributed by atoms with Crippen molar-refractivity contribution in [3.05, 3.63) is 51.2 Å². The van der Waals surface area contributed by atoms with Gasteiger partial charge in [0, 0.05) is 24.5 Å². The van der Waals surface area contributed by atoms with Gasteiger partial charge < -0.3 is 5.32 Å². The van der Waals surface area contributed by atoms with E-state index in [-0.39, 0.29) is 0 Å². The van der Waals surface area contributed by atoms with Crippen LogP contribution < -0.4 is 11.1 Å². The molecule has 0 saturated carbocycles. The molecule has 0 aliphatic rings. The molecule has 1 aromatic carbocycles. The van der Waals surface area contributed by atoms with Crippen LogP contribution in [0.5, 0.6) is 0 Å². The summed E-state index contributed by atoms with van der Waals surface area (Å²) in [5, 5.41) is 7.53. The first kappa shape index (κ1) is 11.9. The molecule has 0 radical (unpaired) electrons. The second-order valence-corrected chi connectivity index (χ2v) is 4.03. The van der Waals surface area contributed by atoms with Crippen LogP contribution in [0.4, 0.5) is 0 Å². The molecule has 6 heteroatoms. The summed E-state index contributed by atoms with van der Waals surface area (Å²) in [5.74, 6) is 0.0382. The van der Waals surface area contributed by atoms with E-state index in [0.717, 1.165) is 17.1 Å². The van der Waals surface area contributed by atoms with Gasteiger partial charge in [-0.25, -0.2) is 4.79 Å². The van der Waals surface area contributed by atoms with E-state index in [1.807, 2.05) is 24.3 Å². The second-order valence-electron chi connectivity index (χ2n) is 3.59. The predicted molar refractivity (Wildman–Crippen MR) is 64.0 cm³/mol. The van der Waals surface area contributed by atoms with Gasteiger partial charge in [-0.05, 0) is 17.7 Å². The van der Waals surface area contributed by atoms with Crippen LogP contribution in [-0.4, -0.2) is 16.7 Å². The number of aromatic nitrogens is 2. The standard InChI is InChI=1S/C11H12ClN3O2/c12-9-3-1-8(2-4-9)7-13-6-5-10-14-11(16)17-15-10/h1-4,13H,5-7H2,(H,14,15,16). The fourth-order valence-corrected chi connectivity index (χ4v) is 1.54. The van der Waals surface area contributed by atoms with Crippen molar-refractivity contribution in [2.24, 2.45) is 0 Å². The molecule has 90 valence electrons. The fourth-order valence-electron chi connectivity index (χ4n) is 1.41. The van der Waals surface area contributed by atoms with E-state index >= 15 is 0 Å². The Morgan fingerprint density at radius 2 is 2.12 bits per heavy atom. The van der Waals surface area contributed by atoms with Gasteiger partial charge in [0.2, 0.25) is 0 Å². The third-order valence-corrected chi connectivity index (χ3v) is 2.52. The highest BCUT2D eigenvalue weighted by Crippen LogP contribution is 2.08. The molecule has 0 bridgehead atoms. The van der Waals surface area contributed by atoms with Crippen LogP contribution in [-0.2, 0) is 13.0 Å². The maximum atomic E-state index is 10.7. The molecule has 0 fully saturated rings. The van der Waals surface area contributed by atoms with Gasteiger partial charge in [-0.1, -0.05) is 28.9 Å². The second kappa shape index (κ2) is 5.65. The largest absolute Gasteiger partial charge is 0.438 e. The van der Waals surface area contributed by atoms with Gasteiger partial charge in [0.1, 0.15) is 0 Å². The van der Waals surface area contributed by atoms with Crippen LogP contribution in [0.1, 0.15) is 11.4 Å². The van der Waals surface area contributed by atoms with Gasteiger partial charge in [0.05, 0.1) is 0 Å². The Morgan fingerprint density at radius 1 is 1.35 bits per heavy atom. The zero-order chi connectivity index (χ0) is 12.1. The number of hydrogen-bond acceptors (Lipinski definition) is 4. The summed E-state index contributed by atoms with van der Waals surface area (Å²) >= 11 is 5.78. The zero-order valence-corrected chi connectivity index (χ0v) is 9.83. The molecule has 1 heterocycles. The minimum Gasteiger partial charge on any atom is -0.312 e. The van der Waals surface area contributed by atoms with E-state index in [1.54, 1.807) is 0 Å². The molecule has 0 unspecified atom stereocenters. The molecule has 2 rings (SSSR count). The topological polar surface area (TPSA) is 70.9 Å². The summed E-state index contributed by atoms with van der Waals surface area (Å²) in [6.45, 7) is 1.46. The highest BCUT2D eigenvalue weighted by atomic mass is 35.5. The Balaban J connectivity index is 1.73. The van der Waals surface area contributed by atoms with E-state index < -0.39 is 5.76 Å². The normalized spacial score (nSPS) is 10.6. The van der Waals surface area contributed by atoms with Crippen molar-refractivity contribution in [3.63, 3.8) is 0 Å². The number of rotatable bonds is 5. The molecule has 0 spiro atoms. The van der Waals surface area contributed by atoms with Crippen molar-refractivity contribution in [2.45, 2.75) is 13.0 Å². The fraction of sp³-hybridized carbons (Fsp3) is 0.273. The molecule has 2 N–H and O–H groups in total. The number of H-pyrrole nitrogens is 1. The van der Waals surface area contributed by atoms with Crippen molar-refractivity contribution in [1.29, 1.82) is 0 Å². The lowest BCUT2D eigenvalue weighted by atomic mass is 10.2. The lowest BCUT2D eigenvalue weighted by molar-refractivity contribution is 0.380. The molecule has 0 aliphatic heterocycles. The van der Waals surface area contributed by atoms with E-state index in [2.05, 4.69) is 20.0 Å². The molecule has 5 nitrogen and oxygen atoms in total. The van der Waals surface area contributed by atoms with E-state index in [1.165, 1.54) is 0 Å². The van der Waals surface area contributed by atoms with Gasteiger partial charge >= 0.3 is 5.76 Å². The number of nitrogens with zero attached hydrogens (tertiary/aromatic N) is 1. The Morgan fingerprint density at radius 3 is 2.76 bits per heavy atom. The molecule has 0 saturated heterocycles. The smallest absolute Gasteiger partial charge is 0.312 e. The zero-order valence-electron chi connectivity index (χ0n) is 9.07. The van der Waals surface area contributed by atoms with Crippen molar-refractivity contribution in [2.75, 3.05) is 6.54 Å². The summed E-state index contributed by atoms with van der Waals surface area (Å²) in [4.78, 5) is 13.2. The number of aromatic amines is 1. The van der Waals surface area contributed by atoms with Gasteiger partial charge in [0.25, 0.3) is 0 Å². The molecule has 0 amide bonds. The Labute approximate surface area is 103 Å². The van der Waals surface area contributed by atoms with Crippen molar-refractivity contribution < 1.29 is 4.52 Å². The quantitative estimate of drug-likeness (QED) is 0.789. The van der Waals surface area contributed by atoms with Crippen LogP contribution >= 0.6 is 11.6 Å². The number of halogens is 1.